The number of para-hydroxylation sites is 2. The van der Waals surface area contributed by atoms with Crippen molar-refractivity contribution in [2.45, 2.75) is 5.41 Å². The second-order valence-electron chi connectivity index (χ2n) is 12.1. The third-order valence-corrected chi connectivity index (χ3v) is 9.55. The van der Waals surface area contributed by atoms with E-state index in [9.17, 15) is 4.79 Å². The summed E-state index contributed by atoms with van der Waals surface area (Å²) in [5, 5.41) is 0. The van der Waals surface area contributed by atoms with Crippen LogP contribution in [-0.4, -0.2) is 25.8 Å². The minimum absolute atomic E-state index is 0.293. The van der Waals surface area contributed by atoms with Crippen molar-refractivity contribution in [2.24, 2.45) is 0 Å². The molecule has 238 valence electrons. The quantitative estimate of drug-likeness (QED) is 0.0594. The van der Waals surface area contributed by atoms with Crippen LogP contribution in [0.25, 0.3) is 27.8 Å². The average molecular weight is 647 g/mol. The number of carbonyl (C=O) groups excluding carboxylic acids is 2. The van der Waals surface area contributed by atoms with Crippen LogP contribution < -0.4 is 9.47 Å². The maximum Gasteiger partial charge on any atom is 0.239 e. The molecule has 6 aromatic carbocycles. The maximum atomic E-state index is 15.4. The van der Waals surface area contributed by atoms with Crippen molar-refractivity contribution >= 4 is 17.1 Å². The minimum atomic E-state index is -1.39. The molecule has 0 saturated carbocycles. The molecule has 2 aliphatic carbocycles. The van der Waals surface area contributed by atoms with Crippen LogP contribution in [0.15, 0.2) is 157 Å². The van der Waals surface area contributed by atoms with Crippen LogP contribution in [0.2, 0.25) is 0 Å². The fourth-order valence-electron chi connectivity index (χ4n) is 7.32. The summed E-state index contributed by atoms with van der Waals surface area (Å²) >= 11 is 0. The number of fused-ring (bicyclic) bond motifs is 6. The van der Waals surface area contributed by atoms with Gasteiger partial charge in [0.2, 0.25) is 11.6 Å². The van der Waals surface area contributed by atoms with E-state index < -0.39 is 11.2 Å². The van der Waals surface area contributed by atoms with Gasteiger partial charge in [-0.05, 0) is 74.7 Å². The van der Waals surface area contributed by atoms with Crippen molar-refractivity contribution in [3.05, 3.63) is 190 Å². The lowest BCUT2D eigenvalue weighted by Crippen LogP contribution is -2.31. The first-order chi connectivity index (χ1) is 24.6. The molecule has 0 aliphatic heterocycles. The molecule has 0 amide bonds. The molecule has 50 heavy (non-hydrogen) atoms. The van der Waals surface area contributed by atoms with Crippen LogP contribution >= 0.6 is 0 Å². The van der Waals surface area contributed by atoms with Gasteiger partial charge in [0.15, 0.2) is 0 Å². The van der Waals surface area contributed by atoms with Crippen molar-refractivity contribution in [3.63, 3.8) is 0 Å². The first kappa shape index (κ1) is 30.7. The largest absolute Gasteiger partial charge is 0.496 e. The summed E-state index contributed by atoms with van der Waals surface area (Å²) in [4.78, 5) is 29.4. The molecule has 6 aromatic rings. The molecular formula is C46H30O4. The van der Waals surface area contributed by atoms with Crippen molar-refractivity contribution in [1.82, 2.24) is 0 Å². The molecule has 0 saturated heterocycles. The number of Topliss-reactive ketones (excluding diaryl/α,β-unsaturated/α-hetero) is 2. The van der Waals surface area contributed by atoms with Crippen molar-refractivity contribution < 1.29 is 19.1 Å². The van der Waals surface area contributed by atoms with Crippen LogP contribution in [-0.2, 0) is 5.41 Å². The Hall–Kier alpha value is -6.66. The fourth-order valence-corrected chi connectivity index (χ4v) is 7.32. The number of carbonyl (C=O) groups is 2. The van der Waals surface area contributed by atoms with Gasteiger partial charge >= 0.3 is 0 Å². The predicted octanol–water partition coefficient (Wildman–Crippen LogP) is 9.38. The summed E-state index contributed by atoms with van der Waals surface area (Å²) < 4.78 is 11.3. The molecule has 0 aromatic heterocycles. The summed E-state index contributed by atoms with van der Waals surface area (Å²) in [6.45, 7) is 0. The smallest absolute Gasteiger partial charge is 0.239 e. The summed E-state index contributed by atoms with van der Waals surface area (Å²) in [5.74, 6) is 6.57. The predicted molar refractivity (Wildman–Crippen MR) is 196 cm³/mol. The number of ether oxygens (including phenoxy) is 2. The standard InChI is InChI=1S/C46H30O4/c1-49-43-25-13-9-21-36(43)42(47)27-28-46(39-23-11-7-19-34(39)35-20-8-12-24-40(35)46)41(45(48)37-22-10-14-26-44(37)50-2)29-38-32-17-5-3-15-30(32)31-16-4-6-18-33(31)38/h3-26H,1-2H3. The van der Waals surface area contributed by atoms with Gasteiger partial charge < -0.3 is 9.47 Å². The molecule has 8 rings (SSSR count). The molecule has 2 aliphatic rings. The van der Waals surface area contributed by atoms with Crippen LogP contribution in [0.1, 0.15) is 43.0 Å². The normalized spacial score (nSPS) is 12.6. The Kier molecular flexibility index (Phi) is 7.61. The monoisotopic (exact) mass is 646 g/mol. The molecule has 0 heterocycles. The van der Waals surface area contributed by atoms with E-state index in [4.69, 9.17) is 9.47 Å². The third kappa shape index (κ3) is 4.72. The van der Waals surface area contributed by atoms with Gasteiger partial charge in [0.1, 0.15) is 16.9 Å². The Labute approximate surface area is 291 Å². The highest BCUT2D eigenvalue weighted by atomic mass is 16.5. The zero-order valence-corrected chi connectivity index (χ0v) is 27.5. The average Bonchev–Trinajstić information content (AvgIpc) is 3.65. The second kappa shape index (κ2) is 12.4. The van der Waals surface area contributed by atoms with E-state index in [0.29, 0.717) is 28.2 Å². The van der Waals surface area contributed by atoms with Crippen LogP contribution in [0, 0.1) is 11.8 Å². The Morgan fingerprint density at radius 3 is 1.46 bits per heavy atom. The zero-order chi connectivity index (χ0) is 34.2. The third-order valence-electron chi connectivity index (χ3n) is 9.55. The Morgan fingerprint density at radius 2 is 0.920 bits per heavy atom. The Morgan fingerprint density at radius 1 is 0.500 bits per heavy atom. The Bertz CT molecular complexity index is 2410. The summed E-state index contributed by atoms with van der Waals surface area (Å²) in [6.07, 6.45) is 0. The number of allylic oxidation sites excluding steroid dienone is 1. The number of ketones is 2. The van der Waals surface area contributed by atoms with Gasteiger partial charge in [0, 0.05) is 5.57 Å². The highest BCUT2D eigenvalue weighted by molar-refractivity contribution is 6.17. The van der Waals surface area contributed by atoms with E-state index in [1.807, 2.05) is 91.0 Å². The van der Waals surface area contributed by atoms with Gasteiger partial charge in [-0.2, -0.15) is 0 Å². The lowest BCUT2D eigenvalue weighted by atomic mass is 9.70. The second-order valence-corrected chi connectivity index (χ2v) is 12.1. The van der Waals surface area contributed by atoms with E-state index >= 15 is 4.79 Å². The van der Waals surface area contributed by atoms with Gasteiger partial charge in [-0.15, -0.1) is 5.73 Å². The lowest BCUT2D eigenvalue weighted by molar-refractivity contribution is 0.102. The van der Waals surface area contributed by atoms with Crippen molar-refractivity contribution in [1.29, 1.82) is 0 Å². The molecule has 0 bridgehead atoms. The number of rotatable bonds is 6. The first-order valence-corrected chi connectivity index (χ1v) is 16.3. The van der Waals surface area contributed by atoms with E-state index in [1.165, 1.54) is 7.11 Å². The van der Waals surface area contributed by atoms with Crippen LogP contribution in [0.3, 0.4) is 0 Å². The maximum absolute atomic E-state index is 15.4. The van der Waals surface area contributed by atoms with Gasteiger partial charge in [-0.25, -0.2) is 0 Å². The number of hydrogen-bond acceptors (Lipinski definition) is 4. The summed E-state index contributed by atoms with van der Waals surface area (Å²) in [7, 11) is 3.08. The molecular weight excluding hydrogens is 617 g/mol. The molecule has 0 spiro atoms. The molecule has 0 radical (unpaired) electrons. The van der Waals surface area contributed by atoms with Gasteiger partial charge in [-0.1, -0.05) is 127 Å². The fraction of sp³-hybridized carbons (Fsp3) is 0.0652. The first-order valence-electron chi connectivity index (χ1n) is 16.3. The summed E-state index contributed by atoms with van der Waals surface area (Å²) in [5.41, 5.74) is 11.7. The van der Waals surface area contributed by atoms with Crippen molar-refractivity contribution in [3.8, 4) is 45.6 Å². The van der Waals surface area contributed by atoms with Gasteiger partial charge in [-0.3, -0.25) is 9.59 Å². The van der Waals surface area contributed by atoms with E-state index in [2.05, 4.69) is 41.8 Å². The zero-order valence-electron chi connectivity index (χ0n) is 27.5. The van der Waals surface area contributed by atoms with Gasteiger partial charge in [0.05, 0.1) is 30.9 Å². The number of hydrogen-bond donors (Lipinski definition) is 0. The molecule has 0 atom stereocenters. The molecule has 4 nitrogen and oxygen atoms in total. The van der Waals surface area contributed by atoms with E-state index in [0.717, 1.165) is 50.1 Å². The highest BCUT2D eigenvalue weighted by Crippen LogP contribution is 2.54. The van der Waals surface area contributed by atoms with E-state index in [1.54, 1.807) is 37.4 Å². The summed E-state index contributed by atoms with van der Waals surface area (Å²) in [6, 6.07) is 46.5. The van der Waals surface area contributed by atoms with Crippen molar-refractivity contribution in [2.75, 3.05) is 14.2 Å². The lowest BCUT2D eigenvalue weighted by Gasteiger charge is -2.28. The number of methoxy groups -OCH3 is 2. The molecule has 4 heteroatoms. The topological polar surface area (TPSA) is 52.6 Å². The number of benzene rings is 6. The van der Waals surface area contributed by atoms with E-state index in [-0.39, 0.29) is 5.78 Å². The Balaban J connectivity index is 1.53. The SMILES string of the molecule is COc1ccccc1C(=O)C#CC1(C(=C=C2c3ccccc3-c3ccccc32)C(=O)c2ccccc2OC)c2ccccc2-c2ccccc21. The van der Waals surface area contributed by atoms with Crippen LogP contribution in [0.5, 0.6) is 11.5 Å². The molecule has 0 unspecified atom stereocenters. The van der Waals surface area contributed by atoms with Gasteiger partial charge in [0.25, 0.3) is 0 Å². The highest BCUT2D eigenvalue weighted by Gasteiger charge is 2.48. The molecule has 0 N–H and O–H groups in total. The molecule has 0 fully saturated rings. The van der Waals surface area contributed by atoms with Crippen LogP contribution in [0.4, 0.5) is 0 Å². The minimum Gasteiger partial charge on any atom is -0.496 e.